The van der Waals surface area contributed by atoms with E-state index >= 15 is 0 Å². The lowest BCUT2D eigenvalue weighted by Gasteiger charge is -2.42. The molecule has 1 rings (SSSR count). The minimum absolute atomic E-state index is 0.418. The van der Waals surface area contributed by atoms with Gasteiger partial charge in [-0.3, -0.25) is 19.2 Å². The molecular weight excluding hydrogens is 329 g/mol. The number of carbonyl (C=O) groups is 4. The van der Waals surface area contributed by atoms with Gasteiger partial charge in [0.2, 0.25) is 12.2 Å². The standard InChI is InChI=1S/C14H20FNO8/c1-6(17)16-12-11(15)13(22-8(3)19)10(5-21-7(2)18)24-14(12)23-9(4)20/h10-14H,5H2,1-4H3,(H,16,17)/t10-,11-,12-,13-,14+/m1/s1. The van der Waals surface area contributed by atoms with Crippen LogP contribution in [0.4, 0.5) is 4.39 Å². The molecule has 0 aliphatic carbocycles. The maximum atomic E-state index is 14.8. The maximum Gasteiger partial charge on any atom is 0.305 e. The Balaban J connectivity index is 3.04. The molecule has 0 saturated carbocycles. The van der Waals surface area contributed by atoms with Crippen LogP contribution in [0.1, 0.15) is 27.7 Å². The maximum absolute atomic E-state index is 14.8. The first kappa shape index (κ1) is 19.8. The average molecular weight is 349 g/mol. The molecule has 0 aromatic heterocycles. The highest BCUT2D eigenvalue weighted by Gasteiger charge is 2.50. The van der Waals surface area contributed by atoms with E-state index in [0.717, 1.165) is 27.7 Å². The molecule has 1 heterocycles. The van der Waals surface area contributed by atoms with Crippen LogP contribution < -0.4 is 5.32 Å². The number of amides is 1. The Morgan fingerprint density at radius 3 is 2.04 bits per heavy atom. The van der Waals surface area contributed by atoms with Gasteiger partial charge in [-0.25, -0.2) is 4.39 Å². The highest BCUT2D eigenvalue weighted by atomic mass is 19.1. The van der Waals surface area contributed by atoms with E-state index in [0.29, 0.717) is 0 Å². The van der Waals surface area contributed by atoms with Gasteiger partial charge in [0.05, 0.1) is 0 Å². The highest BCUT2D eigenvalue weighted by molar-refractivity contribution is 5.73. The lowest BCUT2D eigenvalue weighted by Crippen LogP contribution is -2.64. The fourth-order valence-electron chi connectivity index (χ4n) is 2.21. The summed E-state index contributed by atoms with van der Waals surface area (Å²) in [7, 11) is 0. The number of ether oxygens (including phenoxy) is 4. The first-order valence-electron chi connectivity index (χ1n) is 7.16. The lowest BCUT2D eigenvalue weighted by atomic mass is 9.97. The van der Waals surface area contributed by atoms with Crippen molar-refractivity contribution in [3.05, 3.63) is 0 Å². The van der Waals surface area contributed by atoms with Gasteiger partial charge >= 0.3 is 17.9 Å². The number of hydrogen-bond acceptors (Lipinski definition) is 8. The summed E-state index contributed by atoms with van der Waals surface area (Å²) < 4.78 is 34.7. The molecule has 0 spiro atoms. The lowest BCUT2D eigenvalue weighted by molar-refractivity contribution is -0.259. The second kappa shape index (κ2) is 8.57. The van der Waals surface area contributed by atoms with E-state index in [1.807, 2.05) is 0 Å². The predicted molar refractivity (Wildman–Crippen MR) is 75.1 cm³/mol. The fourth-order valence-corrected chi connectivity index (χ4v) is 2.21. The van der Waals surface area contributed by atoms with Crippen molar-refractivity contribution in [1.82, 2.24) is 5.32 Å². The first-order chi connectivity index (χ1) is 11.1. The zero-order valence-corrected chi connectivity index (χ0v) is 13.7. The summed E-state index contributed by atoms with van der Waals surface area (Å²) in [6, 6.07) is -1.38. The molecule has 9 nitrogen and oxygen atoms in total. The summed E-state index contributed by atoms with van der Waals surface area (Å²) in [5.41, 5.74) is 0. The van der Waals surface area contributed by atoms with Crippen LogP contribution in [0, 0.1) is 0 Å². The Bertz CT molecular complexity index is 509. The van der Waals surface area contributed by atoms with E-state index < -0.39 is 61.1 Å². The smallest absolute Gasteiger partial charge is 0.305 e. The number of esters is 3. The van der Waals surface area contributed by atoms with E-state index in [1.165, 1.54) is 0 Å². The van der Waals surface area contributed by atoms with Crippen molar-refractivity contribution < 1.29 is 42.5 Å². The van der Waals surface area contributed by atoms with Gasteiger partial charge in [0, 0.05) is 27.7 Å². The molecule has 1 saturated heterocycles. The summed E-state index contributed by atoms with van der Waals surface area (Å²) in [5.74, 6) is -2.79. The summed E-state index contributed by atoms with van der Waals surface area (Å²) >= 11 is 0. The quantitative estimate of drug-likeness (QED) is 0.527. The van der Waals surface area contributed by atoms with E-state index in [-0.39, 0.29) is 0 Å². The van der Waals surface area contributed by atoms with Gasteiger partial charge < -0.3 is 24.3 Å². The van der Waals surface area contributed by atoms with Gasteiger partial charge in [-0.1, -0.05) is 0 Å². The predicted octanol–water partition coefficient (Wildman–Crippen LogP) is -0.388. The normalized spacial score (nSPS) is 29.3. The van der Waals surface area contributed by atoms with Gasteiger partial charge in [-0.2, -0.15) is 0 Å². The molecule has 0 bridgehead atoms. The van der Waals surface area contributed by atoms with Gasteiger partial charge in [-0.15, -0.1) is 0 Å². The Labute approximate surface area is 137 Å². The monoisotopic (exact) mass is 349 g/mol. The van der Waals surface area contributed by atoms with Crippen LogP contribution in [0.25, 0.3) is 0 Å². The molecule has 1 fully saturated rings. The molecule has 5 atom stereocenters. The molecular formula is C14H20FNO8. The van der Waals surface area contributed by atoms with E-state index in [2.05, 4.69) is 5.32 Å². The van der Waals surface area contributed by atoms with Gasteiger partial charge in [0.15, 0.2) is 12.3 Å². The summed E-state index contributed by atoms with van der Waals surface area (Å²) in [4.78, 5) is 44.6. The Hall–Kier alpha value is -2.23. The summed E-state index contributed by atoms with van der Waals surface area (Å²) in [6.45, 7) is 4.02. The molecule has 1 aliphatic rings. The van der Waals surface area contributed by atoms with Crippen LogP contribution in [0.5, 0.6) is 0 Å². The van der Waals surface area contributed by atoms with Crippen molar-refractivity contribution in [2.75, 3.05) is 6.61 Å². The third kappa shape index (κ3) is 5.76. The topological polar surface area (TPSA) is 117 Å². The van der Waals surface area contributed by atoms with Crippen molar-refractivity contribution in [3.8, 4) is 0 Å². The van der Waals surface area contributed by atoms with Gasteiger partial charge in [0.25, 0.3) is 0 Å². The number of carbonyl (C=O) groups excluding carboxylic acids is 4. The minimum atomic E-state index is -1.95. The van der Waals surface area contributed by atoms with E-state index in [9.17, 15) is 23.6 Å². The number of alkyl halides is 1. The van der Waals surface area contributed by atoms with Gasteiger partial charge in [-0.05, 0) is 0 Å². The Morgan fingerprint density at radius 2 is 1.58 bits per heavy atom. The molecule has 0 aromatic rings. The molecule has 0 aromatic carbocycles. The Kier molecular flexibility index (Phi) is 7.08. The number of halogens is 1. The third-order valence-corrected chi connectivity index (χ3v) is 3.03. The molecule has 0 radical (unpaired) electrons. The first-order valence-corrected chi connectivity index (χ1v) is 7.16. The minimum Gasteiger partial charge on any atom is -0.463 e. The molecule has 1 amide bonds. The molecule has 136 valence electrons. The van der Waals surface area contributed by atoms with Crippen molar-refractivity contribution in [2.45, 2.75) is 58.4 Å². The highest BCUT2D eigenvalue weighted by Crippen LogP contribution is 2.27. The number of nitrogens with one attached hydrogen (secondary N) is 1. The largest absolute Gasteiger partial charge is 0.463 e. The zero-order valence-electron chi connectivity index (χ0n) is 13.7. The fraction of sp³-hybridized carbons (Fsp3) is 0.714. The second-order valence-electron chi connectivity index (χ2n) is 5.20. The van der Waals surface area contributed by atoms with Crippen LogP contribution in [0.2, 0.25) is 0 Å². The van der Waals surface area contributed by atoms with Crippen molar-refractivity contribution in [1.29, 1.82) is 0 Å². The van der Waals surface area contributed by atoms with Crippen molar-refractivity contribution in [3.63, 3.8) is 0 Å². The van der Waals surface area contributed by atoms with E-state index in [4.69, 9.17) is 18.9 Å². The van der Waals surface area contributed by atoms with Crippen molar-refractivity contribution in [2.24, 2.45) is 0 Å². The number of rotatable bonds is 5. The second-order valence-corrected chi connectivity index (χ2v) is 5.20. The molecule has 1 aliphatic heterocycles. The third-order valence-electron chi connectivity index (χ3n) is 3.03. The molecule has 0 unspecified atom stereocenters. The van der Waals surface area contributed by atoms with Crippen LogP contribution in [-0.4, -0.2) is 61.1 Å². The van der Waals surface area contributed by atoms with Crippen LogP contribution in [0.15, 0.2) is 0 Å². The summed E-state index contributed by atoms with van der Waals surface area (Å²) in [5, 5.41) is 2.26. The molecule has 10 heteroatoms. The molecule has 1 N–H and O–H groups in total. The summed E-state index contributed by atoms with van der Waals surface area (Å²) in [6.07, 6.45) is -6.07. The number of hydrogen-bond donors (Lipinski definition) is 1. The molecule has 24 heavy (non-hydrogen) atoms. The zero-order chi connectivity index (χ0) is 18.4. The van der Waals surface area contributed by atoms with E-state index in [1.54, 1.807) is 0 Å². The van der Waals surface area contributed by atoms with Crippen molar-refractivity contribution >= 4 is 23.8 Å². The van der Waals surface area contributed by atoms with Crippen LogP contribution in [0.3, 0.4) is 0 Å². The van der Waals surface area contributed by atoms with Gasteiger partial charge in [0.1, 0.15) is 18.8 Å². The Morgan fingerprint density at radius 1 is 1.00 bits per heavy atom. The average Bonchev–Trinajstić information content (AvgIpc) is 2.42. The SMILES string of the molecule is CC(=O)N[C@H]1[C@@H](OC(C)=O)O[C@H](COC(C)=O)[C@@H](OC(C)=O)[C@@H]1F. The van der Waals surface area contributed by atoms with Crippen LogP contribution in [-0.2, 0) is 38.1 Å². The van der Waals surface area contributed by atoms with Crippen LogP contribution >= 0.6 is 0 Å².